The maximum absolute atomic E-state index is 12.2. The molecule has 2 N–H and O–H groups in total. The number of nitrogens with one attached hydrogen (secondary N) is 1. The summed E-state index contributed by atoms with van der Waals surface area (Å²) in [5.74, 6) is 1.78. The second-order valence-electron chi connectivity index (χ2n) is 7.99. The second kappa shape index (κ2) is 6.52. The monoisotopic (exact) mass is 381 g/mol. The van der Waals surface area contributed by atoms with Gasteiger partial charge < -0.3 is 14.3 Å². The molecular formula is C20H23N5O3. The van der Waals surface area contributed by atoms with E-state index in [-0.39, 0.29) is 11.2 Å². The number of likely N-dealkylation sites (tertiary alicyclic amines) is 1. The molecule has 0 radical (unpaired) electrons. The average molecular weight is 381 g/mol. The fourth-order valence-electron chi connectivity index (χ4n) is 4.85. The molecule has 3 unspecified atom stereocenters. The van der Waals surface area contributed by atoms with Gasteiger partial charge >= 0.3 is 0 Å². The van der Waals surface area contributed by atoms with Crippen LogP contribution in [0, 0.1) is 11.1 Å². The van der Waals surface area contributed by atoms with Crippen molar-refractivity contribution in [3.8, 4) is 0 Å². The van der Waals surface area contributed by atoms with Crippen molar-refractivity contribution >= 4 is 16.7 Å². The van der Waals surface area contributed by atoms with Gasteiger partial charge in [0.05, 0.1) is 17.6 Å². The van der Waals surface area contributed by atoms with Crippen molar-refractivity contribution in [2.45, 2.75) is 25.4 Å². The maximum atomic E-state index is 12.2. The minimum atomic E-state index is -0.938. The van der Waals surface area contributed by atoms with Crippen molar-refractivity contribution in [1.82, 2.24) is 19.0 Å². The molecule has 0 spiro atoms. The van der Waals surface area contributed by atoms with Crippen LogP contribution in [-0.2, 0) is 20.1 Å². The number of nitrogens with zero attached hydrogens (tertiary/aromatic N) is 4. The molecule has 2 aliphatic rings. The molecule has 1 saturated heterocycles. The first-order valence-corrected chi connectivity index (χ1v) is 9.60. The summed E-state index contributed by atoms with van der Waals surface area (Å²) < 4.78 is 3.99. The van der Waals surface area contributed by atoms with Gasteiger partial charge in [-0.1, -0.05) is 6.07 Å². The second-order valence-corrected chi connectivity index (χ2v) is 7.99. The summed E-state index contributed by atoms with van der Waals surface area (Å²) in [5.41, 5.74) is 3.15. The Labute approximate surface area is 161 Å². The minimum absolute atomic E-state index is 0.102. The molecule has 8 heteroatoms. The molecule has 1 aromatic carbocycles. The van der Waals surface area contributed by atoms with E-state index in [4.69, 9.17) is 4.98 Å². The lowest BCUT2D eigenvalue weighted by molar-refractivity contribution is -0.991. The quantitative estimate of drug-likeness (QED) is 0.654. The number of quaternary nitrogens is 1. The Balaban J connectivity index is 1.42. The third-order valence-electron chi connectivity index (χ3n) is 6.14. The molecule has 1 fully saturated rings. The molecular weight excluding hydrogens is 358 g/mol. The SMILES string of the molecule is Cn1c(CN2CC3CC(C2)c2cccc(=O)n2C3)nc2cc([NH+]([O-])O)ccc21. The van der Waals surface area contributed by atoms with E-state index < -0.39 is 5.23 Å². The maximum Gasteiger partial charge on any atom is 0.250 e. The van der Waals surface area contributed by atoms with Crippen LogP contribution in [0.3, 0.4) is 0 Å². The molecule has 146 valence electrons. The van der Waals surface area contributed by atoms with Crippen LogP contribution in [-0.4, -0.2) is 37.3 Å². The molecule has 4 heterocycles. The first-order valence-electron chi connectivity index (χ1n) is 9.60. The van der Waals surface area contributed by atoms with Gasteiger partial charge in [0.25, 0.3) is 5.56 Å². The number of aromatic nitrogens is 3. The smallest absolute Gasteiger partial charge is 0.250 e. The Morgan fingerprint density at radius 2 is 2.11 bits per heavy atom. The molecule has 3 aromatic rings. The lowest BCUT2D eigenvalue weighted by Gasteiger charge is -2.42. The zero-order valence-corrected chi connectivity index (χ0v) is 15.7. The van der Waals surface area contributed by atoms with Gasteiger partial charge in [-0.3, -0.25) is 9.69 Å². The van der Waals surface area contributed by atoms with Gasteiger partial charge in [-0.05, 0) is 24.5 Å². The number of imidazole rings is 1. The van der Waals surface area contributed by atoms with E-state index in [0.29, 0.717) is 17.4 Å². The lowest BCUT2D eigenvalue weighted by atomic mass is 9.83. The standard InChI is InChI=1S/C20H23N5O3/c1-22-18-6-5-15(25(27)28)8-16(18)21-19(22)12-23-9-13-7-14(11-23)17-3-2-4-20(26)24(17)10-13/h2-6,8,13-14,25,27H,7,9-12H2,1H3. The molecule has 0 amide bonds. The molecule has 3 atom stereocenters. The fourth-order valence-corrected chi connectivity index (χ4v) is 4.85. The van der Waals surface area contributed by atoms with E-state index in [9.17, 15) is 15.2 Å². The Bertz CT molecular complexity index is 1100. The van der Waals surface area contributed by atoms with Gasteiger partial charge in [-0.25, -0.2) is 10.2 Å². The largest absolute Gasteiger partial charge is 0.595 e. The summed E-state index contributed by atoms with van der Waals surface area (Å²) in [5, 5.41) is 19.5. The number of rotatable bonds is 3. The number of piperidine rings is 1. The third-order valence-corrected chi connectivity index (χ3v) is 6.14. The predicted octanol–water partition coefficient (Wildman–Crippen LogP) is 0.758. The van der Waals surface area contributed by atoms with Gasteiger partial charge in [0.15, 0.2) is 5.69 Å². The van der Waals surface area contributed by atoms with Crippen LogP contribution < -0.4 is 10.8 Å². The average Bonchev–Trinajstić information content (AvgIpc) is 2.97. The van der Waals surface area contributed by atoms with Gasteiger partial charge in [0, 0.05) is 56.5 Å². The first-order chi connectivity index (χ1) is 13.5. The van der Waals surface area contributed by atoms with Gasteiger partial charge in [-0.15, -0.1) is 0 Å². The molecule has 2 bridgehead atoms. The van der Waals surface area contributed by atoms with Crippen molar-refractivity contribution < 1.29 is 10.4 Å². The molecule has 2 aromatic heterocycles. The first kappa shape index (κ1) is 17.6. The van der Waals surface area contributed by atoms with E-state index in [1.54, 1.807) is 18.2 Å². The summed E-state index contributed by atoms with van der Waals surface area (Å²) in [6.07, 6.45) is 1.13. The van der Waals surface area contributed by atoms with E-state index in [1.807, 2.05) is 28.3 Å². The van der Waals surface area contributed by atoms with Crippen molar-refractivity contribution in [2.24, 2.45) is 13.0 Å². The summed E-state index contributed by atoms with van der Waals surface area (Å²) in [4.78, 5) is 19.3. The third kappa shape index (κ3) is 2.85. The van der Waals surface area contributed by atoms with Crippen LogP contribution in [0.25, 0.3) is 11.0 Å². The lowest BCUT2D eigenvalue weighted by Crippen LogP contribution is -2.99. The fraction of sp³-hybridized carbons (Fsp3) is 0.400. The molecule has 5 rings (SSSR count). The highest BCUT2D eigenvalue weighted by molar-refractivity contribution is 5.78. The van der Waals surface area contributed by atoms with E-state index >= 15 is 0 Å². The normalized spacial score (nSPS) is 23.0. The van der Waals surface area contributed by atoms with E-state index in [1.165, 1.54) is 0 Å². The summed E-state index contributed by atoms with van der Waals surface area (Å²) in [6, 6.07) is 10.7. The van der Waals surface area contributed by atoms with E-state index in [2.05, 4.69) is 11.0 Å². The van der Waals surface area contributed by atoms with Crippen LogP contribution in [0.1, 0.15) is 23.9 Å². The van der Waals surface area contributed by atoms with Crippen LogP contribution in [0.2, 0.25) is 0 Å². The zero-order valence-electron chi connectivity index (χ0n) is 15.7. The van der Waals surface area contributed by atoms with Crippen molar-refractivity contribution in [1.29, 1.82) is 0 Å². The zero-order chi connectivity index (χ0) is 19.4. The van der Waals surface area contributed by atoms with Gasteiger partial charge in [0.1, 0.15) is 5.82 Å². The number of benzene rings is 1. The minimum Gasteiger partial charge on any atom is -0.595 e. The number of hydrogen-bond acceptors (Lipinski definition) is 5. The van der Waals surface area contributed by atoms with Crippen LogP contribution in [0.5, 0.6) is 0 Å². The molecule has 2 aliphatic heterocycles. The van der Waals surface area contributed by atoms with E-state index in [0.717, 1.165) is 49.6 Å². The molecule has 8 nitrogen and oxygen atoms in total. The Kier molecular flexibility index (Phi) is 4.09. The highest BCUT2D eigenvalue weighted by Gasteiger charge is 2.34. The predicted molar refractivity (Wildman–Crippen MR) is 103 cm³/mol. The van der Waals surface area contributed by atoms with Crippen LogP contribution >= 0.6 is 0 Å². The van der Waals surface area contributed by atoms with Crippen molar-refractivity contribution in [3.63, 3.8) is 0 Å². The molecule has 28 heavy (non-hydrogen) atoms. The number of hydrogen-bond donors (Lipinski definition) is 2. The molecule has 0 saturated carbocycles. The van der Waals surface area contributed by atoms with Gasteiger partial charge in [-0.2, -0.15) is 5.23 Å². The Morgan fingerprint density at radius 3 is 2.93 bits per heavy atom. The van der Waals surface area contributed by atoms with Gasteiger partial charge in [0.2, 0.25) is 0 Å². The Hall–Kier alpha value is -2.52. The van der Waals surface area contributed by atoms with Crippen molar-refractivity contribution in [2.75, 3.05) is 13.1 Å². The summed E-state index contributed by atoms with van der Waals surface area (Å²) in [7, 11) is 1.98. The van der Waals surface area contributed by atoms with Crippen LogP contribution in [0.4, 0.5) is 5.69 Å². The highest BCUT2D eigenvalue weighted by Crippen LogP contribution is 2.35. The number of pyridine rings is 1. The molecule has 0 aliphatic carbocycles. The Morgan fingerprint density at radius 1 is 1.25 bits per heavy atom. The highest BCUT2D eigenvalue weighted by atomic mass is 16.8. The topological polar surface area (TPSA) is 90.8 Å². The summed E-state index contributed by atoms with van der Waals surface area (Å²) in [6.45, 7) is 3.36. The number of aryl methyl sites for hydroxylation is 1. The van der Waals surface area contributed by atoms with Crippen molar-refractivity contribution in [3.05, 3.63) is 63.5 Å². The number of fused-ring (bicyclic) bond motifs is 5. The summed E-state index contributed by atoms with van der Waals surface area (Å²) >= 11 is 0. The van der Waals surface area contributed by atoms with Crippen LogP contribution in [0.15, 0.2) is 41.2 Å².